The van der Waals surface area contributed by atoms with Crippen LogP contribution in [0.2, 0.25) is 18.1 Å². The summed E-state index contributed by atoms with van der Waals surface area (Å²) >= 11 is 0. The second-order valence-electron chi connectivity index (χ2n) is 7.73. The molecule has 1 aliphatic rings. The van der Waals surface area contributed by atoms with Crippen molar-refractivity contribution in [3.8, 4) is 0 Å². The Bertz CT molecular complexity index is 497. The van der Waals surface area contributed by atoms with Crippen molar-refractivity contribution in [3.63, 3.8) is 0 Å². The number of benzene rings is 1. The lowest BCUT2D eigenvalue weighted by Crippen LogP contribution is -2.50. The summed E-state index contributed by atoms with van der Waals surface area (Å²) in [7, 11) is -0.301. The standard InChI is InChI=1S/C18H30O4Si/c1-18(2,3)23(5,6)22-16-14(12-19)21-15(17(16)20-4)13-10-8-7-9-11-13/h7-11,14-17,19H,12H2,1-6H3/t14-,15+,16?,17+/m1/s1. The Morgan fingerprint density at radius 3 is 2.22 bits per heavy atom. The highest BCUT2D eigenvalue weighted by Crippen LogP contribution is 2.43. The van der Waals surface area contributed by atoms with Gasteiger partial charge in [0.05, 0.1) is 6.61 Å². The molecule has 1 aromatic rings. The number of hydrogen-bond donors (Lipinski definition) is 1. The highest BCUT2D eigenvalue weighted by atomic mass is 28.4. The largest absolute Gasteiger partial charge is 0.408 e. The predicted molar refractivity (Wildman–Crippen MR) is 94.0 cm³/mol. The van der Waals surface area contributed by atoms with Gasteiger partial charge in [-0.15, -0.1) is 0 Å². The molecular weight excluding hydrogens is 308 g/mol. The maximum atomic E-state index is 9.77. The van der Waals surface area contributed by atoms with Crippen LogP contribution in [-0.2, 0) is 13.9 Å². The molecule has 1 fully saturated rings. The average Bonchev–Trinajstić information content (AvgIpc) is 2.84. The van der Waals surface area contributed by atoms with E-state index in [0.717, 1.165) is 5.56 Å². The Morgan fingerprint density at radius 2 is 1.74 bits per heavy atom. The lowest BCUT2D eigenvalue weighted by Gasteiger charge is -2.40. The fraction of sp³-hybridized carbons (Fsp3) is 0.667. The molecule has 0 bridgehead atoms. The monoisotopic (exact) mass is 338 g/mol. The summed E-state index contributed by atoms with van der Waals surface area (Å²) in [6.07, 6.45) is -1.05. The van der Waals surface area contributed by atoms with Crippen molar-refractivity contribution in [2.24, 2.45) is 0 Å². The molecule has 4 nitrogen and oxygen atoms in total. The van der Waals surface area contributed by atoms with Crippen LogP contribution in [0.5, 0.6) is 0 Å². The van der Waals surface area contributed by atoms with Crippen molar-refractivity contribution in [2.45, 2.75) is 63.3 Å². The molecule has 0 amide bonds. The van der Waals surface area contributed by atoms with Crippen molar-refractivity contribution < 1.29 is 19.0 Å². The fourth-order valence-corrected chi connectivity index (χ4v) is 4.02. The third-order valence-electron chi connectivity index (χ3n) is 5.13. The molecule has 0 spiro atoms. The van der Waals surface area contributed by atoms with Crippen LogP contribution >= 0.6 is 0 Å². The smallest absolute Gasteiger partial charge is 0.192 e. The van der Waals surface area contributed by atoms with Gasteiger partial charge in [0, 0.05) is 7.11 Å². The lowest BCUT2D eigenvalue weighted by molar-refractivity contribution is -0.0223. The Labute approximate surface area is 140 Å². The van der Waals surface area contributed by atoms with Gasteiger partial charge in [0.2, 0.25) is 0 Å². The van der Waals surface area contributed by atoms with E-state index in [2.05, 4.69) is 33.9 Å². The van der Waals surface area contributed by atoms with Crippen molar-refractivity contribution >= 4 is 8.32 Å². The van der Waals surface area contributed by atoms with Gasteiger partial charge < -0.3 is 19.0 Å². The van der Waals surface area contributed by atoms with Crippen LogP contribution in [0.4, 0.5) is 0 Å². The van der Waals surface area contributed by atoms with Crippen molar-refractivity contribution in [1.29, 1.82) is 0 Å². The van der Waals surface area contributed by atoms with Crippen molar-refractivity contribution in [2.75, 3.05) is 13.7 Å². The Kier molecular flexibility index (Phi) is 5.69. The fourth-order valence-electron chi connectivity index (χ4n) is 2.70. The van der Waals surface area contributed by atoms with E-state index in [1.54, 1.807) is 7.11 Å². The summed E-state index contributed by atoms with van der Waals surface area (Å²) in [5.41, 5.74) is 1.05. The van der Waals surface area contributed by atoms with Crippen LogP contribution in [0, 0.1) is 0 Å². The molecule has 130 valence electrons. The zero-order chi connectivity index (χ0) is 17.3. The zero-order valence-corrected chi connectivity index (χ0v) is 16.1. The molecule has 1 unspecified atom stereocenters. The molecular formula is C18H30O4Si. The first-order valence-electron chi connectivity index (χ1n) is 8.23. The predicted octanol–water partition coefficient (Wildman–Crippen LogP) is 3.52. The SMILES string of the molecule is CO[C@@H]1C(O[Si](C)(C)C(C)(C)C)[C@@H](CO)O[C@H]1c1ccccc1. The van der Waals surface area contributed by atoms with Crippen molar-refractivity contribution in [1.82, 2.24) is 0 Å². The lowest BCUT2D eigenvalue weighted by atomic mass is 10.0. The van der Waals surface area contributed by atoms with Gasteiger partial charge in [-0.2, -0.15) is 0 Å². The van der Waals surface area contributed by atoms with E-state index < -0.39 is 8.32 Å². The highest BCUT2D eigenvalue weighted by molar-refractivity contribution is 6.74. The van der Waals surface area contributed by atoms with E-state index in [1.807, 2.05) is 30.3 Å². The van der Waals surface area contributed by atoms with Gasteiger partial charge in [-0.25, -0.2) is 0 Å². The molecule has 5 heteroatoms. The number of rotatable bonds is 5. The first-order valence-corrected chi connectivity index (χ1v) is 11.1. The highest BCUT2D eigenvalue weighted by Gasteiger charge is 2.50. The maximum absolute atomic E-state index is 9.77. The molecule has 1 aliphatic heterocycles. The summed E-state index contributed by atoms with van der Waals surface area (Å²) < 4.78 is 18.4. The third kappa shape index (κ3) is 3.86. The number of ether oxygens (including phenoxy) is 2. The molecule has 2 rings (SSSR count). The first-order chi connectivity index (χ1) is 10.7. The van der Waals surface area contributed by atoms with E-state index in [0.29, 0.717) is 0 Å². The van der Waals surface area contributed by atoms with Crippen LogP contribution < -0.4 is 0 Å². The van der Waals surface area contributed by atoms with Gasteiger partial charge in [0.25, 0.3) is 0 Å². The number of methoxy groups -OCH3 is 1. The quantitative estimate of drug-likeness (QED) is 0.835. The molecule has 0 saturated carbocycles. The second kappa shape index (κ2) is 7.03. The summed E-state index contributed by atoms with van der Waals surface area (Å²) in [4.78, 5) is 0. The minimum Gasteiger partial charge on any atom is -0.408 e. The van der Waals surface area contributed by atoms with Gasteiger partial charge in [0.1, 0.15) is 24.4 Å². The average molecular weight is 339 g/mol. The molecule has 0 aliphatic carbocycles. The molecule has 1 aromatic carbocycles. The third-order valence-corrected chi connectivity index (χ3v) is 9.60. The molecule has 1 N–H and O–H groups in total. The Morgan fingerprint density at radius 1 is 1.13 bits per heavy atom. The molecule has 1 heterocycles. The van der Waals surface area contributed by atoms with E-state index in [4.69, 9.17) is 13.9 Å². The molecule has 4 atom stereocenters. The normalized spacial score (nSPS) is 29.0. The molecule has 23 heavy (non-hydrogen) atoms. The molecule has 0 radical (unpaired) electrons. The topological polar surface area (TPSA) is 47.9 Å². The molecule has 0 aromatic heterocycles. The summed E-state index contributed by atoms with van der Waals surface area (Å²) in [5, 5.41) is 9.86. The molecule has 1 saturated heterocycles. The van der Waals surface area contributed by atoms with Gasteiger partial charge in [-0.1, -0.05) is 51.1 Å². The van der Waals surface area contributed by atoms with E-state index >= 15 is 0 Å². The van der Waals surface area contributed by atoms with Gasteiger partial charge in [-0.3, -0.25) is 0 Å². The van der Waals surface area contributed by atoms with Crippen molar-refractivity contribution in [3.05, 3.63) is 35.9 Å². The minimum atomic E-state index is -1.99. The van der Waals surface area contributed by atoms with Gasteiger partial charge in [0.15, 0.2) is 8.32 Å². The van der Waals surface area contributed by atoms with E-state index in [9.17, 15) is 5.11 Å². The van der Waals surface area contributed by atoms with E-state index in [1.165, 1.54) is 0 Å². The van der Waals surface area contributed by atoms with Crippen LogP contribution in [0.1, 0.15) is 32.4 Å². The zero-order valence-electron chi connectivity index (χ0n) is 15.1. The van der Waals surface area contributed by atoms with Crippen LogP contribution in [-0.4, -0.2) is 45.5 Å². The Balaban J connectivity index is 2.27. The number of hydrogen-bond acceptors (Lipinski definition) is 4. The van der Waals surface area contributed by atoms with Crippen LogP contribution in [0.15, 0.2) is 30.3 Å². The minimum absolute atomic E-state index is 0.0670. The van der Waals surface area contributed by atoms with Crippen LogP contribution in [0.25, 0.3) is 0 Å². The first kappa shape index (κ1) is 18.6. The van der Waals surface area contributed by atoms with Gasteiger partial charge >= 0.3 is 0 Å². The maximum Gasteiger partial charge on any atom is 0.192 e. The summed E-state index contributed by atoms with van der Waals surface area (Å²) in [6.45, 7) is 11.0. The number of aliphatic hydroxyl groups is 1. The second-order valence-corrected chi connectivity index (χ2v) is 12.5. The van der Waals surface area contributed by atoms with Gasteiger partial charge in [-0.05, 0) is 23.7 Å². The van der Waals surface area contributed by atoms with E-state index in [-0.39, 0.29) is 36.1 Å². The summed E-state index contributed by atoms with van der Waals surface area (Å²) in [6, 6.07) is 10.0. The Hall–Kier alpha value is -0.723. The summed E-state index contributed by atoms with van der Waals surface area (Å²) in [5.74, 6) is 0. The van der Waals surface area contributed by atoms with Crippen LogP contribution in [0.3, 0.4) is 0 Å². The number of aliphatic hydroxyl groups excluding tert-OH is 1.